The van der Waals surface area contributed by atoms with Crippen LogP contribution < -0.4 is 5.32 Å². The van der Waals surface area contributed by atoms with Gasteiger partial charge in [0, 0.05) is 13.3 Å². The van der Waals surface area contributed by atoms with E-state index in [0.29, 0.717) is 19.5 Å². The molecule has 0 radical (unpaired) electrons. The summed E-state index contributed by atoms with van der Waals surface area (Å²) < 4.78 is 24.0. The van der Waals surface area contributed by atoms with Crippen LogP contribution in [0.15, 0.2) is 24.3 Å². The number of hydrogen-bond acceptors (Lipinski definition) is 4. The first-order valence-electron chi connectivity index (χ1n) is 6.26. The number of rotatable bonds is 6. The second-order valence-corrected chi connectivity index (χ2v) is 7.00. The van der Waals surface area contributed by atoms with Gasteiger partial charge in [-0.3, -0.25) is 0 Å². The van der Waals surface area contributed by atoms with Gasteiger partial charge in [-0.2, -0.15) is 0 Å². The number of fused-ring (bicyclic) bond motifs is 1. The molecular formula is C13H19N3O2S. The Bertz CT molecular complexity index is 662. The van der Waals surface area contributed by atoms with E-state index in [9.17, 15) is 8.42 Å². The summed E-state index contributed by atoms with van der Waals surface area (Å²) in [4.78, 5) is 4.54. The van der Waals surface area contributed by atoms with Crippen LogP contribution in [0.3, 0.4) is 0 Å². The molecule has 6 heteroatoms. The number of imidazole rings is 1. The van der Waals surface area contributed by atoms with E-state index >= 15 is 0 Å². The van der Waals surface area contributed by atoms with Crippen molar-refractivity contribution in [3.63, 3.8) is 0 Å². The molecule has 2 rings (SSSR count). The average Bonchev–Trinajstić information content (AvgIpc) is 2.65. The fraction of sp³-hybridized carbons (Fsp3) is 0.462. The SMILES string of the molecule is Cn1c(CNCCCS(C)(=O)=O)nc2ccccc21. The Labute approximate surface area is 113 Å². The smallest absolute Gasteiger partial charge is 0.147 e. The largest absolute Gasteiger partial charge is 0.330 e. The second kappa shape index (κ2) is 5.71. The second-order valence-electron chi connectivity index (χ2n) is 4.74. The maximum absolute atomic E-state index is 11.0. The third-order valence-corrected chi connectivity index (χ3v) is 4.06. The normalized spacial score (nSPS) is 12.1. The molecule has 0 saturated heterocycles. The van der Waals surface area contributed by atoms with Crippen LogP contribution in [-0.2, 0) is 23.4 Å². The highest BCUT2D eigenvalue weighted by atomic mass is 32.2. The first kappa shape index (κ1) is 14.0. The summed E-state index contributed by atoms with van der Waals surface area (Å²) in [6.45, 7) is 1.32. The van der Waals surface area contributed by atoms with Crippen molar-refractivity contribution >= 4 is 20.9 Å². The summed E-state index contributed by atoms with van der Waals surface area (Å²) >= 11 is 0. The fourth-order valence-electron chi connectivity index (χ4n) is 2.01. The summed E-state index contributed by atoms with van der Waals surface area (Å²) in [6.07, 6.45) is 1.89. The van der Waals surface area contributed by atoms with E-state index in [1.54, 1.807) is 0 Å². The number of nitrogens with zero attached hydrogens (tertiary/aromatic N) is 2. The Hall–Kier alpha value is -1.40. The topological polar surface area (TPSA) is 64.0 Å². The molecule has 0 amide bonds. The number of benzene rings is 1. The minimum Gasteiger partial charge on any atom is -0.330 e. The lowest BCUT2D eigenvalue weighted by atomic mass is 10.3. The van der Waals surface area contributed by atoms with E-state index in [2.05, 4.69) is 14.9 Å². The molecule has 1 aromatic carbocycles. The van der Waals surface area contributed by atoms with E-state index in [0.717, 1.165) is 16.9 Å². The average molecular weight is 281 g/mol. The predicted molar refractivity (Wildman–Crippen MR) is 76.7 cm³/mol. The summed E-state index contributed by atoms with van der Waals surface area (Å²) in [5.74, 6) is 1.18. The quantitative estimate of drug-likeness (QED) is 0.805. The van der Waals surface area contributed by atoms with E-state index in [1.807, 2.05) is 31.3 Å². The van der Waals surface area contributed by atoms with Crippen molar-refractivity contribution in [2.24, 2.45) is 7.05 Å². The molecule has 0 saturated carbocycles. The van der Waals surface area contributed by atoms with Gasteiger partial charge in [-0.05, 0) is 25.1 Å². The van der Waals surface area contributed by atoms with Crippen molar-refractivity contribution in [1.82, 2.24) is 14.9 Å². The number of nitrogens with one attached hydrogen (secondary N) is 1. The molecular weight excluding hydrogens is 262 g/mol. The lowest BCUT2D eigenvalue weighted by Crippen LogP contribution is -2.19. The van der Waals surface area contributed by atoms with Crippen molar-refractivity contribution in [2.75, 3.05) is 18.6 Å². The van der Waals surface area contributed by atoms with Gasteiger partial charge in [0.25, 0.3) is 0 Å². The van der Waals surface area contributed by atoms with Gasteiger partial charge in [-0.15, -0.1) is 0 Å². The monoisotopic (exact) mass is 281 g/mol. The van der Waals surface area contributed by atoms with E-state index < -0.39 is 9.84 Å². The van der Waals surface area contributed by atoms with Gasteiger partial charge in [0.05, 0.1) is 23.3 Å². The summed E-state index contributed by atoms with van der Waals surface area (Å²) in [5, 5.41) is 3.23. The first-order valence-corrected chi connectivity index (χ1v) is 8.32. The number of hydrogen-bond donors (Lipinski definition) is 1. The molecule has 0 bridgehead atoms. The van der Waals surface area contributed by atoms with E-state index in [-0.39, 0.29) is 5.75 Å². The van der Waals surface area contributed by atoms with Crippen LogP contribution in [-0.4, -0.2) is 36.5 Å². The molecule has 5 nitrogen and oxygen atoms in total. The highest BCUT2D eigenvalue weighted by Crippen LogP contribution is 2.13. The molecule has 1 heterocycles. The Morgan fingerprint density at radius 2 is 2.05 bits per heavy atom. The first-order chi connectivity index (χ1) is 8.97. The Morgan fingerprint density at radius 3 is 2.74 bits per heavy atom. The molecule has 0 aliphatic rings. The Morgan fingerprint density at radius 1 is 1.32 bits per heavy atom. The molecule has 0 fully saturated rings. The standard InChI is InChI=1S/C13H19N3O2S/c1-16-12-7-4-3-6-11(12)15-13(16)10-14-8-5-9-19(2,17)18/h3-4,6-7,14H,5,8-10H2,1-2H3. The molecule has 2 aromatic rings. The summed E-state index contributed by atoms with van der Waals surface area (Å²) in [6, 6.07) is 7.99. The molecule has 0 aliphatic heterocycles. The molecule has 0 spiro atoms. The van der Waals surface area contributed by atoms with Crippen molar-refractivity contribution in [3.05, 3.63) is 30.1 Å². The van der Waals surface area contributed by atoms with Gasteiger partial charge < -0.3 is 9.88 Å². The predicted octanol–water partition coefficient (Wildman–Crippen LogP) is 1.10. The van der Waals surface area contributed by atoms with Crippen LogP contribution in [0.4, 0.5) is 0 Å². The van der Waals surface area contributed by atoms with Crippen molar-refractivity contribution in [3.8, 4) is 0 Å². The molecule has 19 heavy (non-hydrogen) atoms. The maximum Gasteiger partial charge on any atom is 0.147 e. The van der Waals surface area contributed by atoms with Crippen LogP contribution in [0.25, 0.3) is 11.0 Å². The van der Waals surface area contributed by atoms with Crippen LogP contribution in [0.5, 0.6) is 0 Å². The highest BCUT2D eigenvalue weighted by Gasteiger charge is 2.06. The summed E-state index contributed by atoms with van der Waals surface area (Å²) in [5.41, 5.74) is 2.09. The Kier molecular flexibility index (Phi) is 4.21. The molecule has 0 unspecified atom stereocenters. The third kappa shape index (κ3) is 3.78. The van der Waals surface area contributed by atoms with Crippen LogP contribution in [0, 0.1) is 0 Å². The van der Waals surface area contributed by atoms with Crippen molar-refractivity contribution < 1.29 is 8.42 Å². The van der Waals surface area contributed by atoms with Crippen LogP contribution >= 0.6 is 0 Å². The minimum atomic E-state index is -2.86. The summed E-state index contributed by atoms with van der Waals surface area (Å²) in [7, 11) is -0.870. The highest BCUT2D eigenvalue weighted by molar-refractivity contribution is 7.90. The van der Waals surface area contributed by atoms with Gasteiger partial charge in [0.1, 0.15) is 15.7 Å². The Balaban J connectivity index is 1.90. The van der Waals surface area contributed by atoms with Crippen molar-refractivity contribution in [2.45, 2.75) is 13.0 Å². The number of sulfone groups is 1. The zero-order valence-corrected chi connectivity index (χ0v) is 12.1. The molecule has 0 aliphatic carbocycles. The van der Waals surface area contributed by atoms with Gasteiger partial charge in [0.15, 0.2) is 0 Å². The van der Waals surface area contributed by atoms with Gasteiger partial charge in [-0.25, -0.2) is 13.4 Å². The molecule has 104 valence electrons. The lowest BCUT2D eigenvalue weighted by Gasteiger charge is -2.04. The minimum absolute atomic E-state index is 0.225. The zero-order valence-electron chi connectivity index (χ0n) is 11.3. The van der Waals surface area contributed by atoms with Gasteiger partial charge >= 0.3 is 0 Å². The molecule has 1 aromatic heterocycles. The van der Waals surface area contributed by atoms with Crippen LogP contribution in [0.2, 0.25) is 0 Å². The number of para-hydroxylation sites is 2. The van der Waals surface area contributed by atoms with Gasteiger partial charge in [0.2, 0.25) is 0 Å². The maximum atomic E-state index is 11.0. The fourth-order valence-corrected chi connectivity index (χ4v) is 2.68. The zero-order chi connectivity index (χ0) is 13.9. The van der Waals surface area contributed by atoms with E-state index in [1.165, 1.54) is 6.26 Å². The number of aryl methyl sites for hydroxylation is 1. The third-order valence-electron chi connectivity index (χ3n) is 3.03. The van der Waals surface area contributed by atoms with Crippen molar-refractivity contribution in [1.29, 1.82) is 0 Å². The van der Waals surface area contributed by atoms with Gasteiger partial charge in [-0.1, -0.05) is 12.1 Å². The number of aromatic nitrogens is 2. The van der Waals surface area contributed by atoms with Crippen LogP contribution in [0.1, 0.15) is 12.2 Å². The molecule has 1 N–H and O–H groups in total. The van der Waals surface area contributed by atoms with E-state index in [4.69, 9.17) is 0 Å². The molecule has 0 atom stereocenters. The lowest BCUT2D eigenvalue weighted by molar-refractivity contribution is 0.591.